The molecule has 16 heavy (non-hydrogen) atoms. The number of likely N-dealkylation sites (tertiary alicyclic amines) is 1. The predicted molar refractivity (Wildman–Crippen MR) is 61.5 cm³/mol. The highest BCUT2D eigenvalue weighted by Gasteiger charge is 2.41. The molecule has 5 heteroatoms. The summed E-state index contributed by atoms with van der Waals surface area (Å²) in [5, 5.41) is 21.3. The Morgan fingerprint density at radius 2 is 2.06 bits per heavy atom. The topological polar surface area (TPSA) is 72.8 Å². The fourth-order valence-electron chi connectivity index (χ4n) is 2.12. The van der Waals surface area contributed by atoms with Crippen molar-refractivity contribution in [2.75, 3.05) is 13.1 Å². The van der Waals surface area contributed by atoms with Crippen molar-refractivity contribution in [1.29, 1.82) is 0 Å². The van der Waals surface area contributed by atoms with Gasteiger partial charge in [-0.1, -0.05) is 0 Å². The minimum absolute atomic E-state index is 0.00180. The first-order valence-corrected chi connectivity index (χ1v) is 5.60. The van der Waals surface area contributed by atoms with Crippen LogP contribution >= 0.6 is 0 Å². The number of hydrogen-bond donors (Lipinski definition) is 3. The van der Waals surface area contributed by atoms with E-state index < -0.39 is 11.7 Å². The van der Waals surface area contributed by atoms with Crippen molar-refractivity contribution in [1.82, 2.24) is 10.2 Å². The summed E-state index contributed by atoms with van der Waals surface area (Å²) < 4.78 is 0. The molecule has 1 amide bonds. The summed E-state index contributed by atoms with van der Waals surface area (Å²) in [5.74, 6) is 0. The number of amides is 1. The van der Waals surface area contributed by atoms with E-state index in [2.05, 4.69) is 31.0 Å². The fourth-order valence-corrected chi connectivity index (χ4v) is 2.12. The van der Waals surface area contributed by atoms with Crippen molar-refractivity contribution in [3.8, 4) is 0 Å². The first kappa shape index (κ1) is 13.3. The van der Waals surface area contributed by atoms with Crippen LogP contribution in [0, 0.1) is 0 Å². The molecule has 2 atom stereocenters. The third kappa shape index (κ3) is 3.09. The number of carboxylic acid groups (broad SMARTS) is 1. The average Bonchev–Trinajstić information content (AvgIpc) is 2.05. The fraction of sp³-hybridized carbons (Fsp3) is 0.909. The Morgan fingerprint density at radius 3 is 2.44 bits per heavy atom. The average molecular weight is 230 g/mol. The zero-order valence-electron chi connectivity index (χ0n) is 10.4. The lowest BCUT2D eigenvalue weighted by molar-refractivity contribution is -0.0660. The van der Waals surface area contributed by atoms with E-state index in [1.165, 1.54) is 0 Å². The van der Waals surface area contributed by atoms with Crippen LogP contribution in [0.3, 0.4) is 0 Å². The zero-order chi connectivity index (χ0) is 12.6. The van der Waals surface area contributed by atoms with E-state index >= 15 is 0 Å². The maximum absolute atomic E-state index is 10.6. The lowest BCUT2D eigenvalue weighted by Gasteiger charge is -2.47. The van der Waals surface area contributed by atoms with Crippen molar-refractivity contribution >= 4 is 6.09 Å². The third-order valence-electron chi connectivity index (χ3n) is 3.20. The standard InChI is InChI=1S/C11H22N2O3/c1-10(2,3)13-6-5-8(12-9(14)15)11(4,16)7-13/h8,12,16H,5-7H2,1-4H3,(H,14,15)/t8-,11-/m0/s1. The van der Waals surface area contributed by atoms with Gasteiger partial charge in [0.15, 0.2) is 0 Å². The Bertz CT molecular complexity index is 271. The molecule has 0 aromatic rings. The maximum Gasteiger partial charge on any atom is 0.404 e. The van der Waals surface area contributed by atoms with E-state index in [-0.39, 0.29) is 11.6 Å². The van der Waals surface area contributed by atoms with Crippen molar-refractivity contribution in [2.45, 2.75) is 51.3 Å². The molecule has 0 radical (unpaired) electrons. The van der Waals surface area contributed by atoms with E-state index in [0.717, 1.165) is 6.54 Å². The molecule has 0 bridgehead atoms. The molecule has 0 unspecified atom stereocenters. The molecule has 0 aromatic heterocycles. The van der Waals surface area contributed by atoms with Crippen molar-refractivity contribution in [3.05, 3.63) is 0 Å². The molecule has 0 spiro atoms. The Morgan fingerprint density at radius 1 is 1.50 bits per heavy atom. The van der Waals surface area contributed by atoms with Crippen LogP contribution in [-0.2, 0) is 0 Å². The second-order valence-corrected chi connectivity index (χ2v) is 5.74. The van der Waals surface area contributed by atoms with E-state index in [1.807, 2.05) is 0 Å². The summed E-state index contributed by atoms with van der Waals surface area (Å²) in [5.41, 5.74) is -1.01. The summed E-state index contributed by atoms with van der Waals surface area (Å²) >= 11 is 0. The Labute approximate surface area is 96.4 Å². The molecule has 0 aliphatic carbocycles. The van der Waals surface area contributed by atoms with Crippen LogP contribution in [0.25, 0.3) is 0 Å². The van der Waals surface area contributed by atoms with Crippen LogP contribution in [0.2, 0.25) is 0 Å². The van der Waals surface area contributed by atoms with Gasteiger partial charge in [-0.2, -0.15) is 0 Å². The molecular weight excluding hydrogens is 208 g/mol. The van der Waals surface area contributed by atoms with E-state index in [9.17, 15) is 9.90 Å². The lowest BCUT2D eigenvalue weighted by Crippen LogP contribution is -2.64. The molecule has 1 aliphatic heterocycles. The first-order valence-electron chi connectivity index (χ1n) is 5.60. The SMILES string of the molecule is CC(C)(C)N1CC[C@H](NC(=O)O)[C@@](C)(O)C1. The molecular formula is C11H22N2O3. The Hall–Kier alpha value is -0.810. The highest BCUT2D eigenvalue weighted by Crippen LogP contribution is 2.26. The third-order valence-corrected chi connectivity index (χ3v) is 3.20. The summed E-state index contributed by atoms with van der Waals surface area (Å²) in [6.07, 6.45) is -0.439. The van der Waals surface area contributed by atoms with Crippen molar-refractivity contribution in [3.63, 3.8) is 0 Å². The molecule has 1 saturated heterocycles. The number of β-amino-alcohol motifs (C(OH)–C–C–N with tert-alkyl or cyclic N) is 1. The van der Waals surface area contributed by atoms with Gasteiger partial charge in [0.2, 0.25) is 0 Å². The summed E-state index contributed by atoms with van der Waals surface area (Å²) in [7, 11) is 0. The van der Waals surface area contributed by atoms with Crippen LogP contribution in [-0.4, -0.2) is 51.5 Å². The largest absolute Gasteiger partial charge is 0.465 e. The van der Waals surface area contributed by atoms with E-state index in [0.29, 0.717) is 13.0 Å². The number of nitrogens with one attached hydrogen (secondary N) is 1. The summed E-state index contributed by atoms with van der Waals surface area (Å²) in [6, 6.07) is -0.386. The predicted octanol–water partition coefficient (Wildman–Crippen LogP) is 0.878. The summed E-state index contributed by atoms with van der Waals surface area (Å²) in [4.78, 5) is 12.8. The second kappa shape index (κ2) is 4.22. The van der Waals surface area contributed by atoms with Crippen LogP contribution in [0.1, 0.15) is 34.1 Å². The smallest absolute Gasteiger partial charge is 0.404 e. The van der Waals surface area contributed by atoms with Crippen LogP contribution in [0.15, 0.2) is 0 Å². The minimum Gasteiger partial charge on any atom is -0.465 e. The van der Waals surface area contributed by atoms with Gasteiger partial charge in [-0.3, -0.25) is 4.90 Å². The molecule has 1 fully saturated rings. The number of aliphatic hydroxyl groups is 1. The zero-order valence-corrected chi connectivity index (χ0v) is 10.4. The normalized spacial score (nSPS) is 32.4. The van der Waals surface area contributed by atoms with E-state index in [1.54, 1.807) is 6.92 Å². The molecule has 1 rings (SSSR count). The molecule has 0 saturated carbocycles. The molecule has 3 N–H and O–H groups in total. The molecule has 94 valence electrons. The maximum atomic E-state index is 10.6. The van der Waals surface area contributed by atoms with Gasteiger partial charge < -0.3 is 15.5 Å². The number of nitrogens with zero attached hydrogens (tertiary/aromatic N) is 1. The monoisotopic (exact) mass is 230 g/mol. The second-order valence-electron chi connectivity index (χ2n) is 5.74. The van der Waals surface area contributed by atoms with Crippen LogP contribution in [0.5, 0.6) is 0 Å². The van der Waals surface area contributed by atoms with Gasteiger partial charge in [0.1, 0.15) is 0 Å². The molecule has 1 aliphatic rings. The quantitative estimate of drug-likeness (QED) is 0.625. The van der Waals surface area contributed by atoms with E-state index in [4.69, 9.17) is 5.11 Å². The lowest BCUT2D eigenvalue weighted by atomic mass is 9.86. The highest BCUT2D eigenvalue weighted by atomic mass is 16.4. The Balaban J connectivity index is 2.69. The molecule has 5 nitrogen and oxygen atoms in total. The van der Waals surface area contributed by atoms with Gasteiger partial charge >= 0.3 is 6.09 Å². The number of piperidine rings is 1. The van der Waals surface area contributed by atoms with Gasteiger partial charge in [0.05, 0.1) is 11.6 Å². The van der Waals surface area contributed by atoms with Gasteiger partial charge in [-0.15, -0.1) is 0 Å². The molecule has 1 heterocycles. The number of rotatable bonds is 1. The van der Waals surface area contributed by atoms with Gasteiger partial charge in [-0.25, -0.2) is 4.79 Å². The number of hydrogen-bond acceptors (Lipinski definition) is 3. The minimum atomic E-state index is -1.07. The van der Waals surface area contributed by atoms with Crippen molar-refractivity contribution in [2.24, 2.45) is 0 Å². The van der Waals surface area contributed by atoms with Crippen LogP contribution in [0.4, 0.5) is 4.79 Å². The molecule has 0 aromatic carbocycles. The Kier molecular flexibility index (Phi) is 3.50. The van der Waals surface area contributed by atoms with Crippen molar-refractivity contribution < 1.29 is 15.0 Å². The van der Waals surface area contributed by atoms with Crippen LogP contribution < -0.4 is 5.32 Å². The highest BCUT2D eigenvalue weighted by molar-refractivity contribution is 5.65. The summed E-state index contributed by atoms with van der Waals surface area (Å²) in [6.45, 7) is 9.24. The number of carbonyl (C=O) groups is 1. The van der Waals surface area contributed by atoms with Gasteiger partial charge in [0.25, 0.3) is 0 Å². The van der Waals surface area contributed by atoms with Gasteiger partial charge in [-0.05, 0) is 34.1 Å². The van der Waals surface area contributed by atoms with Gasteiger partial charge in [0, 0.05) is 18.6 Å². The first-order chi connectivity index (χ1) is 7.13.